The van der Waals surface area contributed by atoms with Crippen molar-refractivity contribution >= 4 is 18.1 Å². The molecule has 0 N–H and O–H groups in total. The summed E-state index contributed by atoms with van der Waals surface area (Å²) in [5.74, 6) is 1.71. The molecule has 0 aliphatic heterocycles. The molecule has 42 heavy (non-hydrogen) atoms. The van der Waals surface area contributed by atoms with Crippen molar-refractivity contribution in [3.8, 4) is 22.6 Å². The lowest BCUT2D eigenvalue weighted by Crippen LogP contribution is -2.20. The fourth-order valence-corrected chi connectivity index (χ4v) is 5.42. The van der Waals surface area contributed by atoms with Crippen molar-refractivity contribution in [2.75, 3.05) is 0 Å². The molecule has 4 nitrogen and oxygen atoms in total. The normalized spacial score (nSPS) is 14.4. The molecule has 2 unspecified atom stereocenters. The summed E-state index contributed by atoms with van der Waals surface area (Å²) >= 11 is 0. The lowest BCUT2D eigenvalue weighted by atomic mass is 9.75. The number of hydrogen-bond donors (Lipinski definition) is 0. The lowest BCUT2D eigenvalue weighted by Gasteiger charge is -2.33. The maximum Gasteiger partial charge on any atom is 0.215 e. The van der Waals surface area contributed by atoms with Gasteiger partial charge in [-0.1, -0.05) is 95.2 Å². The Hall–Kier alpha value is -1.18. The van der Waals surface area contributed by atoms with Crippen LogP contribution < -0.4 is 9.05 Å². The molecular formula is C36H60O4P2. The van der Waals surface area contributed by atoms with Crippen LogP contribution in [0.5, 0.6) is 11.5 Å². The van der Waals surface area contributed by atoms with Crippen molar-refractivity contribution in [1.82, 2.24) is 0 Å². The molecule has 0 heterocycles. The average Bonchev–Trinajstić information content (AvgIpc) is 2.74. The van der Waals surface area contributed by atoms with E-state index in [0.717, 1.165) is 33.8 Å². The van der Waals surface area contributed by atoms with Gasteiger partial charge < -0.3 is 18.1 Å². The molecular weight excluding hydrogens is 558 g/mol. The third-order valence-electron chi connectivity index (χ3n) is 6.80. The average molecular weight is 619 g/mol. The molecule has 0 saturated heterocycles. The number of benzene rings is 2. The van der Waals surface area contributed by atoms with Crippen LogP contribution in [0.1, 0.15) is 147 Å². The Kier molecular flexibility index (Phi) is 11.2. The number of rotatable bonds is 7. The fourth-order valence-electron chi connectivity index (χ4n) is 4.23. The minimum atomic E-state index is -0.308. The second-order valence-electron chi connectivity index (χ2n) is 17.6. The van der Waals surface area contributed by atoms with Crippen LogP contribution in [0.2, 0.25) is 0 Å². The Morgan fingerprint density at radius 2 is 0.690 bits per heavy atom. The highest BCUT2D eigenvalue weighted by Crippen LogP contribution is 2.51. The minimum Gasteiger partial charge on any atom is -0.449 e. The lowest BCUT2D eigenvalue weighted by molar-refractivity contribution is 0.142. The van der Waals surface area contributed by atoms with Gasteiger partial charge in [-0.05, 0) is 86.5 Å². The fraction of sp³-hybridized carbons (Fsp3) is 0.667. The van der Waals surface area contributed by atoms with Gasteiger partial charge in [0.1, 0.15) is 11.5 Å². The molecule has 0 amide bonds. The van der Waals surface area contributed by atoms with E-state index < -0.39 is 0 Å². The van der Waals surface area contributed by atoms with E-state index in [9.17, 15) is 0 Å². The summed E-state index contributed by atoms with van der Waals surface area (Å²) in [5.41, 5.74) is 5.83. The summed E-state index contributed by atoms with van der Waals surface area (Å²) < 4.78 is 25.6. The van der Waals surface area contributed by atoms with E-state index in [1.807, 2.05) is 0 Å². The second kappa shape index (κ2) is 12.7. The van der Waals surface area contributed by atoms with Gasteiger partial charge in [0.25, 0.3) is 0 Å². The van der Waals surface area contributed by atoms with E-state index >= 15 is 0 Å². The van der Waals surface area contributed by atoms with Crippen LogP contribution >= 0.6 is 18.1 Å². The highest BCUT2D eigenvalue weighted by molar-refractivity contribution is 7.27. The van der Waals surface area contributed by atoms with Crippen molar-refractivity contribution in [2.24, 2.45) is 0 Å². The molecule has 6 heteroatoms. The molecule has 0 fully saturated rings. The van der Waals surface area contributed by atoms with E-state index in [2.05, 4.69) is 149 Å². The SMILES string of the molecule is CC(C)(C)OPOc1c(-c2cc(C(C)(C)C)cc(C(C)(C)C)c2OPOC(C)(C)C)cc(C(C)(C)C)cc1C(C)(C)C. The van der Waals surface area contributed by atoms with Crippen LogP contribution in [-0.2, 0) is 30.7 Å². The first-order valence-electron chi connectivity index (χ1n) is 15.2. The van der Waals surface area contributed by atoms with Gasteiger partial charge >= 0.3 is 0 Å². The molecule has 0 aliphatic rings. The molecule has 0 bridgehead atoms. The Morgan fingerprint density at radius 3 is 0.905 bits per heavy atom. The third kappa shape index (κ3) is 10.5. The summed E-state index contributed by atoms with van der Waals surface area (Å²) in [6.45, 7) is 39.5. The van der Waals surface area contributed by atoms with Crippen molar-refractivity contribution in [1.29, 1.82) is 0 Å². The van der Waals surface area contributed by atoms with Gasteiger partial charge in [0.2, 0.25) is 18.1 Å². The molecule has 0 aromatic heterocycles. The van der Waals surface area contributed by atoms with Crippen molar-refractivity contribution < 1.29 is 18.1 Å². The molecule has 2 aromatic rings. The molecule has 238 valence electrons. The Balaban J connectivity index is 3.11. The van der Waals surface area contributed by atoms with E-state index in [4.69, 9.17) is 18.1 Å². The third-order valence-corrected chi connectivity index (χ3v) is 8.77. The van der Waals surface area contributed by atoms with Gasteiger partial charge in [-0.2, -0.15) is 0 Å². The molecule has 0 spiro atoms. The van der Waals surface area contributed by atoms with Crippen LogP contribution in [0, 0.1) is 0 Å². The first-order chi connectivity index (χ1) is 18.6. The van der Waals surface area contributed by atoms with E-state index in [1.165, 1.54) is 11.1 Å². The summed E-state index contributed by atoms with van der Waals surface area (Å²) in [7, 11) is -0.279. The second-order valence-corrected chi connectivity index (χ2v) is 18.8. The molecule has 2 atom stereocenters. The zero-order valence-electron chi connectivity index (χ0n) is 29.9. The van der Waals surface area contributed by atoms with E-state index in [1.54, 1.807) is 0 Å². The maximum absolute atomic E-state index is 6.68. The Bertz CT molecular complexity index is 1120. The van der Waals surface area contributed by atoms with Crippen LogP contribution in [0.15, 0.2) is 24.3 Å². The zero-order chi connectivity index (χ0) is 32.7. The monoisotopic (exact) mass is 618 g/mol. The van der Waals surface area contributed by atoms with Crippen molar-refractivity contribution in [3.05, 3.63) is 46.5 Å². The maximum atomic E-state index is 6.68. The molecule has 0 radical (unpaired) electrons. The van der Waals surface area contributed by atoms with Crippen molar-refractivity contribution in [2.45, 2.75) is 157 Å². The van der Waals surface area contributed by atoms with Gasteiger partial charge in [0.05, 0.1) is 11.2 Å². The molecule has 2 aromatic carbocycles. The Labute approximate surface area is 262 Å². The van der Waals surface area contributed by atoms with Gasteiger partial charge in [-0.25, -0.2) is 0 Å². The summed E-state index contributed by atoms with van der Waals surface area (Å²) in [6, 6.07) is 9.26. The highest BCUT2D eigenvalue weighted by Gasteiger charge is 2.32. The topological polar surface area (TPSA) is 36.9 Å². The zero-order valence-corrected chi connectivity index (χ0v) is 31.9. The van der Waals surface area contributed by atoms with Gasteiger partial charge in [0.15, 0.2) is 0 Å². The van der Waals surface area contributed by atoms with Crippen LogP contribution in [0.4, 0.5) is 0 Å². The summed E-state index contributed by atoms with van der Waals surface area (Å²) in [5, 5.41) is 0. The van der Waals surface area contributed by atoms with Crippen LogP contribution in [0.3, 0.4) is 0 Å². The minimum absolute atomic E-state index is 0.0654. The van der Waals surface area contributed by atoms with Crippen molar-refractivity contribution in [3.63, 3.8) is 0 Å². The summed E-state index contributed by atoms with van der Waals surface area (Å²) in [4.78, 5) is 0. The predicted molar refractivity (Wildman–Crippen MR) is 186 cm³/mol. The summed E-state index contributed by atoms with van der Waals surface area (Å²) in [6.07, 6.45) is 0. The van der Waals surface area contributed by atoms with Gasteiger partial charge in [-0.15, -0.1) is 0 Å². The molecule has 0 saturated carbocycles. The van der Waals surface area contributed by atoms with Crippen LogP contribution in [0.25, 0.3) is 11.1 Å². The van der Waals surface area contributed by atoms with Gasteiger partial charge in [0, 0.05) is 22.3 Å². The van der Waals surface area contributed by atoms with Gasteiger partial charge in [-0.3, -0.25) is 0 Å². The smallest absolute Gasteiger partial charge is 0.215 e. The van der Waals surface area contributed by atoms with Crippen LogP contribution in [-0.4, -0.2) is 11.2 Å². The molecule has 0 aliphatic carbocycles. The van der Waals surface area contributed by atoms with E-state index in [-0.39, 0.29) is 50.9 Å². The first-order valence-corrected chi connectivity index (χ1v) is 16.8. The van der Waals surface area contributed by atoms with E-state index in [0.29, 0.717) is 0 Å². The Morgan fingerprint density at radius 1 is 0.405 bits per heavy atom. The quantitative estimate of drug-likeness (QED) is 0.289. The predicted octanol–water partition coefficient (Wildman–Crippen LogP) is 11.9. The largest absolute Gasteiger partial charge is 0.449 e. The number of hydrogen-bond acceptors (Lipinski definition) is 4. The first kappa shape index (κ1) is 37.0. The standard InChI is InChI=1S/C36H60O4P2/c1-31(2,3)23-19-25(29(27(21-23)33(7,8)9)37-41-39-35(13,14)15)26-20-24(32(4,5)6)22-28(34(10,11)12)30(26)38-42-40-36(16,17)18/h19-22,41-42H,1-18H3. The molecule has 2 rings (SSSR count). The highest BCUT2D eigenvalue weighted by atomic mass is 31.1.